The Morgan fingerprint density at radius 3 is 2.58 bits per heavy atom. The molecule has 0 atom stereocenters. The molecule has 1 fully saturated rings. The van der Waals surface area contributed by atoms with Crippen LogP contribution in [0.1, 0.15) is 38.2 Å². The van der Waals surface area contributed by atoms with Gasteiger partial charge in [-0.05, 0) is 49.6 Å². The van der Waals surface area contributed by atoms with E-state index in [1.165, 1.54) is 0 Å². The minimum absolute atomic E-state index is 0.122. The standard InChI is InChI=1S/C24H30N4O3/c1-2-25-24(28-20-10-11-21-22(15-20)31-13-5-12-30-21)26-16-17-6-3-9-19(14-17)27-23(29)18-7-4-8-18/h3,6,9-11,14-15,18H,2,4-5,7-8,12-13,16H2,1H3,(H,27,29)(H2,25,26,28). The number of nitrogens with zero attached hydrogens (tertiary/aromatic N) is 1. The van der Waals surface area contributed by atoms with Crippen LogP contribution in [0.4, 0.5) is 11.4 Å². The number of hydrogen-bond donors (Lipinski definition) is 3. The molecule has 0 saturated heterocycles. The van der Waals surface area contributed by atoms with Crippen LogP contribution in [0.2, 0.25) is 0 Å². The number of ether oxygens (including phenoxy) is 2. The van der Waals surface area contributed by atoms with Gasteiger partial charge in [0.15, 0.2) is 17.5 Å². The van der Waals surface area contributed by atoms with E-state index in [4.69, 9.17) is 14.5 Å². The number of rotatable bonds is 6. The predicted octanol–water partition coefficient (Wildman–Crippen LogP) is 4.16. The van der Waals surface area contributed by atoms with Crippen LogP contribution in [-0.4, -0.2) is 31.6 Å². The van der Waals surface area contributed by atoms with Crippen molar-refractivity contribution in [2.75, 3.05) is 30.4 Å². The molecule has 1 amide bonds. The lowest BCUT2D eigenvalue weighted by atomic mass is 9.85. The number of fused-ring (bicyclic) bond motifs is 1. The Hall–Kier alpha value is -3.22. The minimum Gasteiger partial charge on any atom is -0.490 e. The molecule has 0 bridgehead atoms. The van der Waals surface area contributed by atoms with Crippen molar-refractivity contribution in [1.82, 2.24) is 5.32 Å². The van der Waals surface area contributed by atoms with Gasteiger partial charge in [-0.25, -0.2) is 4.99 Å². The van der Waals surface area contributed by atoms with Crippen LogP contribution in [0.25, 0.3) is 0 Å². The molecule has 2 aromatic rings. The SMILES string of the molecule is CCNC(=NCc1cccc(NC(=O)C2CCC2)c1)Nc1ccc2c(c1)OCCCO2. The van der Waals surface area contributed by atoms with E-state index in [-0.39, 0.29) is 11.8 Å². The third kappa shape index (κ3) is 5.69. The molecule has 2 aliphatic rings. The number of aliphatic imine (C=N–C) groups is 1. The van der Waals surface area contributed by atoms with Gasteiger partial charge in [-0.3, -0.25) is 4.79 Å². The molecule has 3 N–H and O–H groups in total. The van der Waals surface area contributed by atoms with Gasteiger partial charge < -0.3 is 25.4 Å². The summed E-state index contributed by atoms with van der Waals surface area (Å²) in [5, 5.41) is 9.63. The van der Waals surface area contributed by atoms with E-state index in [2.05, 4.69) is 16.0 Å². The van der Waals surface area contributed by atoms with E-state index in [1.54, 1.807) is 0 Å². The summed E-state index contributed by atoms with van der Waals surface area (Å²) in [6, 6.07) is 13.7. The maximum absolute atomic E-state index is 12.2. The zero-order valence-electron chi connectivity index (χ0n) is 17.9. The number of anilines is 2. The highest BCUT2D eigenvalue weighted by molar-refractivity contribution is 5.94. The highest BCUT2D eigenvalue weighted by atomic mass is 16.5. The van der Waals surface area contributed by atoms with Crippen LogP contribution in [0, 0.1) is 5.92 Å². The fourth-order valence-electron chi connectivity index (χ4n) is 3.52. The second-order valence-corrected chi connectivity index (χ2v) is 7.85. The summed E-state index contributed by atoms with van der Waals surface area (Å²) in [4.78, 5) is 16.9. The minimum atomic E-state index is 0.122. The Bertz CT molecular complexity index is 940. The molecule has 31 heavy (non-hydrogen) atoms. The molecule has 7 heteroatoms. The number of amides is 1. The van der Waals surface area contributed by atoms with Crippen molar-refractivity contribution in [3.8, 4) is 11.5 Å². The number of carbonyl (C=O) groups is 1. The van der Waals surface area contributed by atoms with Gasteiger partial charge >= 0.3 is 0 Å². The van der Waals surface area contributed by atoms with Gasteiger partial charge in [-0.15, -0.1) is 0 Å². The Morgan fingerprint density at radius 1 is 1.00 bits per heavy atom. The average molecular weight is 423 g/mol. The van der Waals surface area contributed by atoms with Gasteiger partial charge in [0.1, 0.15) is 0 Å². The summed E-state index contributed by atoms with van der Waals surface area (Å²) in [6.45, 7) is 4.59. The number of guanidine groups is 1. The van der Waals surface area contributed by atoms with Crippen LogP contribution < -0.4 is 25.4 Å². The van der Waals surface area contributed by atoms with Crippen LogP contribution in [0.5, 0.6) is 11.5 Å². The smallest absolute Gasteiger partial charge is 0.227 e. The first-order valence-electron chi connectivity index (χ1n) is 11.1. The molecule has 1 heterocycles. The molecule has 7 nitrogen and oxygen atoms in total. The second kappa shape index (κ2) is 10.2. The summed E-state index contributed by atoms with van der Waals surface area (Å²) >= 11 is 0. The Kier molecular flexibility index (Phi) is 6.92. The fourth-order valence-corrected chi connectivity index (χ4v) is 3.52. The first kappa shape index (κ1) is 21.0. The molecule has 0 spiro atoms. The quantitative estimate of drug-likeness (QED) is 0.481. The second-order valence-electron chi connectivity index (χ2n) is 7.85. The summed E-state index contributed by atoms with van der Waals surface area (Å²) in [7, 11) is 0. The highest BCUT2D eigenvalue weighted by Crippen LogP contribution is 2.32. The molecule has 0 unspecified atom stereocenters. The Balaban J connectivity index is 1.41. The fraction of sp³-hybridized carbons (Fsp3) is 0.417. The zero-order valence-corrected chi connectivity index (χ0v) is 17.9. The van der Waals surface area contributed by atoms with E-state index >= 15 is 0 Å². The number of carbonyl (C=O) groups excluding carboxylic acids is 1. The molecule has 1 saturated carbocycles. The zero-order chi connectivity index (χ0) is 21.5. The first-order valence-corrected chi connectivity index (χ1v) is 11.1. The normalized spacial score (nSPS) is 16.1. The largest absolute Gasteiger partial charge is 0.490 e. The number of hydrogen-bond acceptors (Lipinski definition) is 4. The molecular formula is C24H30N4O3. The van der Waals surface area contributed by atoms with E-state index in [0.29, 0.717) is 25.7 Å². The molecular weight excluding hydrogens is 392 g/mol. The van der Waals surface area contributed by atoms with Crippen molar-refractivity contribution in [2.45, 2.75) is 39.2 Å². The third-order valence-electron chi connectivity index (χ3n) is 5.44. The lowest BCUT2D eigenvalue weighted by Gasteiger charge is -2.24. The molecule has 0 radical (unpaired) electrons. The van der Waals surface area contributed by atoms with Crippen molar-refractivity contribution in [3.05, 3.63) is 48.0 Å². The highest BCUT2D eigenvalue weighted by Gasteiger charge is 2.25. The summed E-state index contributed by atoms with van der Waals surface area (Å²) in [5.41, 5.74) is 2.73. The lowest BCUT2D eigenvalue weighted by molar-refractivity contribution is -0.122. The van der Waals surface area contributed by atoms with Gasteiger partial charge in [-0.2, -0.15) is 0 Å². The summed E-state index contributed by atoms with van der Waals surface area (Å²) in [5.74, 6) is 2.48. The Morgan fingerprint density at radius 2 is 1.81 bits per heavy atom. The predicted molar refractivity (Wildman–Crippen MR) is 123 cm³/mol. The van der Waals surface area contributed by atoms with E-state index in [1.807, 2.05) is 49.4 Å². The summed E-state index contributed by atoms with van der Waals surface area (Å²) in [6.07, 6.45) is 4.01. The maximum Gasteiger partial charge on any atom is 0.227 e. The lowest BCUT2D eigenvalue weighted by Crippen LogP contribution is -2.30. The topological polar surface area (TPSA) is 84.0 Å². The van der Waals surface area contributed by atoms with Crippen LogP contribution in [0.3, 0.4) is 0 Å². The Labute approximate surface area is 183 Å². The third-order valence-corrected chi connectivity index (χ3v) is 5.44. The average Bonchev–Trinajstić information content (AvgIpc) is 2.96. The maximum atomic E-state index is 12.2. The van der Waals surface area contributed by atoms with Gasteiger partial charge in [0.25, 0.3) is 0 Å². The molecule has 164 valence electrons. The first-order chi connectivity index (χ1) is 15.2. The number of benzene rings is 2. The van der Waals surface area contributed by atoms with Gasteiger partial charge in [0, 0.05) is 36.3 Å². The van der Waals surface area contributed by atoms with Gasteiger partial charge in [0.05, 0.1) is 19.8 Å². The van der Waals surface area contributed by atoms with E-state index in [9.17, 15) is 4.79 Å². The molecule has 1 aliphatic heterocycles. The molecule has 0 aromatic heterocycles. The van der Waals surface area contributed by atoms with Crippen LogP contribution in [0.15, 0.2) is 47.5 Å². The molecule has 4 rings (SSSR count). The van der Waals surface area contributed by atoms with E-state index in [0.717, 1.165) is 60.7 Å². The van der Waals surface area contributed by atoms with Crippen LogP contribution in [-0.2, 0) is 11.3 Å². The van der Waals surface area contributed by atoms with Crippen molar-refractivity contribution in [1.29, 1.82) is 0 Å². The van der Waals surface area contributed by atoms with Crippen LogP contribution >= 0.6 is 0 Å². The van der Waals surface area contributed by atoms with Gasteiger partial charge in [-0.1, -0.05) is 18.6 Å². The molecule has 2 aromatic carbocycles. The van der Waals surface area contributed by atoms with E-state index < -0.39 is 0 Å². The van der Waals surface area contributed by atoms with Crippen molar-refractivity contribution >= 4 is 23.2 Å². The number of nitrogens with one attached hydrogen (secondary N) is 3. The van der Waals surface area contributed by atoms with Crippen molar-refractivity contribution in [3.63, 3.8) is 0 Å². The van der Waals surface area contributed by atoms with Gasteiger partial charge in [0.2, 0.25) is 5.91 Å². The molecule has 1 aliphatic carbocycles. The monoisotopic (exact) mass is 422 g/mol. The van der Waals surface area contributed by atoms with Crippen molar-refractivity contribution in [2.24, 2.45) is 10.9 Å². The van der Waals surface area contributed by atoms with Crippen molar-refractivity contribution < 1.29 is 14.3 Å². The summed E-state index contributed by atoms with van der Waals surface area (Å²) < 4.78 is 11.5.